The van der Waals surface area contributed by atoms with Gasteiger partial charge in [0.2, 0.25) is 11.8 Å². The number of carbonyl (C=O) groups is 3. The van der Waals surface area contributed by atoms with Crippen LogP contribution in [0.3, 0.4) is 0 Å². The first kappa shape index (κ1) is 19.2. The van der Waals surface area contributed by atoms with Gasteiger partial charge in [-0.2, -0.15) is 13.2 Å². The van der Waals surface area contributed by atoms with Gasteiger partial charge >= 0.3 is 12.1 Å². The summed E-state index contributed by atoms with van der Waals surface area (Å²) >= 11 is 0. The Kier molecular flexibility index (Phi) is 6.40. The number of hydrogen-bond donors (Lipinski definition) is 2. The molecule has 1 rings (SSSR count). The molecule has 0 saturated carbocycles. The topological polar surface area (TPSA) is 86.7 Å². The molecule has 1 heterocycles. The van der Waals surface area contributed by atoms with Crippen LogP contribution in [0.5, 0.6) is 0 Å². The highest BCUT2D eigenvalue weighted by Crippen LogP contribution is 2.37. The Hall–Kier alpha value is -1.80. The maximum absolute atomic E-state index is 12.8. The normalized spacial score (nSPS) is 21.6. The van der Waals surface area contributed by atoms with Gasteiger partial charge in [0.1, 0.15) is 0 Å². The van der Waals surface area contributed by atoms with Gasteiger partial charge in [0.05, 0.1) is 18.4 Å². The minimum Gasteiger partial charge on any atom is -0.481 e. The van der Waals surface area contributed by atoms with E-state index < -0.39 is 49.5 Å². The van der Waals surface area contributed by atoms with E-state index in [1.165, 1.54) is 0 Å². The number of hydrogen-bond acceptors (Lipinski definition) is 3. The minimum absolute atomic E-state index is 0.230. The molecule has 0 unspecified atom stereocenters. The lowest BCUT2D eigenvalue weighted by Crippen LogP contribution is -2.39. The van der Waals surface area contributed by atoms with Crippen molar-refractivity contribution in [2.45, 2.75) is 32.9 Å². The average Bonchev–Trinajstić information content (AvgIpc) is 2.87. The standard InChI is InChI=1S/C14H21F3N2O4/c1-8(2)3-4-11(20)18-5-12(21)19-6-9(13(22)23)10(7-19)14(15,16)17/h8-10H,3-7H2,1-2H3,(H,18,20)(H,22,23)/t9-,10-/m1/s1. The second-order valence-electron chi connectivity index (χ2n) is 6.10. The summed E-state index contributed by atoms with van der Waals surface area (Å²) in [5.74, 6) is -6.08. The molecular weight excluding hydrogens is 317 g/mol. The van der Waals surface area contributed by atoms with Crippen LogP contribution in [-0.2, 0) is 14.4 Å². The number of carboxylic acids is 1. The molecule has 132 valence electrons. The summed E-state index contributed by atoms with van der Waals surface area (Å²) in [6.45, 7) is 2.26. The molecule has 1 saturated heterocycles. The quantitative estimate of drug-likeness (QED) is 0.763. The van der Waals surface area contributed by atoms with Crippen LogP contribution in [0.15, 0.2) is 0 Å². The monoisotopic (exact) mass is 338 g/mol. The number of halogens is 3. The van der Waals surface area contributed by atoms with E-state index in [0.29, 0.717) is 12.3 Å². The molecular formula is C14H21F3N2O4. The number of likely N-dealkylation sites (tertiary alicyclic amines) is 1. The van der Waals surface area contributed by atoms with Crippen LogP contribution >= 0.6 is 0 Å². The Bertz CT molecular complexity index is 465. The molecule has 0 spiro atoms. The van der Waals surface area contributed by atoms with E-state index in [1.54, 1.807) is 0 Å². The van der Waals surface area contributed by atoms with Gasteiger partial charge in [-0.3, -0.25) is 14.4 Å². The Balaban J connectivity index is 2.54. The number of carbonyl (C=O) groups excluding carboxylic acids is 2. The average molecular weight is 338 g/mol. The highest BCUT2D eigenvalue weighted by Gasteiger charge is 2.53. The Morgan fingerprint density at radius 1 is 1.26 bits per heavy atom. The zero-order valence-corrected chi connectivity index (χ0v) is 13.0. The zero-order valence-electron chi connectivity index (χ0n) is 13.0. The fraction of sp³-hybridized carbons (Fsp3) is 0.786. The molecule has 0 aromatic carbocycles. The molecule has 9 heteroatoms. The third-order valence-corrected chi connectivity index (χ3v) is 3.80. The molecule has 0 aromatic heterocycles. The van der Waals surface area contributed by atoms with E-state index in [-0.39, 0.29) is 12.3 Å². The molecule has 23 heavy (non-hydrogen) atoms. The summed E-state index contributed by atoms with van der Waals surface area (Å²) < 4.78 is 38.5. The molecule has 2 amide bonds. The van der Waals surface area contributed by atoms with Crippen molar-refractivity contribution in [1.82, 2.24) is 10.2 Å². The van der Waals surface area contributed by atoms with E-state index in [4.69, 9.17) is 5.11 Å². The second-order valence-corrected chi connectivity index (χ2v) is 6.10. The lowest BCUT2D eigenvalue weighted by atomic mass is 9.96. The third kappa shape index (κ3) is 5.72. The molecule has 0 aliphatic carbocycles. The Morgan fingerprint density at radius 3 is 2.30 bits per heavy atom. The fourth-order valence-corrected chi connectivity index (χ4v) is 2.38. The van der Waals surface area contributed by atoms with Crippen LogP contribution < -0.4 is 5.32 Å². The van der Waals surface area contributed by atoms with Gasteiger partial charge in [-0.15, -0.1) is 0 Å². The summed E-state index contributed by atoms with van der Waals surface area (Å²) in [6, 6.07) is 0. The van der Waals surface area contributed by atoms with Crippen molar-refractivity contribution in [3.63, 3.8) is 0 Å². The van der Waals surface area contributed by atoms with Gasteiger partial charge in [-0.1, -0.05) is 13.8 Å². The maximum atomic E-state index is 12.8. The summed E-state index contributed by atoms with van der Waals surface area (Å²) in [5.41, 5.74) is 0. The predicted octanol–water partition coefficient (Wildman–Crippen LogP) is 1.26. The lowest BCUT2D eigenvalue weighted by Gasteiger charge is -2.18. The number of nitrogens with zero attached hydrogens (tertiary/aromatic N) is 1. The molecule has 1 aliphatic rings. The molecule has 6 nitrogen and oxygen atoms in total. The van der Waals surface area contributed by atoms with E-state index in [1.807, 2.05) is 13.8 Å². The van der Waals surface area contributed by atoms with Crippen molar-refractivity contribution in [2.24, 2.45) is 17.8 Å². The number of rotatable bonds is 6. The second kappa shape index (κ2) is 7.65. The van der Waals surface area contributed by atoms with E-state index in [0.717, 1.165) is 4.90 Å². The van der Waals surface area contributed by atoms with E-state index >= 15 is 0 Å². The summed E-state index contributed by atoms with van der Waals surface area (Å²) in [7, 11) is 0. The molecule has 2 N–H and O–H groups in total. The number of carboxylic acid groups (broad SMARTS) is 1. The van der Waals surface area contributed by atoms with Gasteiger partial charge < -0.3 is 15.3 Å². The maximum Gasteiger partial charge on any atom is 0.394 e. The Labute approximate surface area is 132 Å². The summed E-state index contributed by atoms with van der Waals surface area (Å²) in [4.78, 5) is 35.2. The van der Waals surface area contributed by atoms with Crippen molar-refractivity contribution in [1.29, 1.82) is 0 Å². The van der Waals surface area contributed by atoms with Crippen molar-refractivity contribution in [3.05, 3.63) is 0 Å². The van der Waals surface area contributed by atoms with Gasteiger partial charge in [0.25, 0.3) is 0 Å². The summed E-state index contributed by atoms with van der Waals surface area (Å²) in [5, 5.41) is 11.2. The van der Waals surface area contributed by atoms with Crippen molar-refractivity contribution < 1.29 is 32.7 Å². The van der Waals surface area contributed by atoms with Crippen molar-refractivity contribution >= 4 is 17.8 Å². The van der Waals surface area contributed by atoms with Crippen LogP contribution in [0.25, 0.3) is 0 Å². The minimum atomic E-state index is -4.68. The first-order valence-electron chi connectivity index (χ1n) is 7.36. The van der Waals surface area contributed by atoms with Gasteiger partial charge in [-0.25, -0.2) is 0 Å². The zero-order chi connectivity index (χ0) is 17.8. The highest BCUT2D eigenvalue weighted by molar-refractivity contribution is 5.85. The first-order valence-corrected chi connectivity index (χ1v) is 7.36. The molecule has 1 fully saturated rings. The van der Waals surface area contributed by atoms with Gasteiger partial charge in [-0.05, 0) is 12.3 Å². The third-order valence-electron chi connectivity index (χ3n) is 3.80. The highest BCUT2D eigenvalue weighted by atomic mass is 19.4. The van der Waals surface area contributed by atoms with Crippen LogP contribution in [0.2, 0.25) is 0 Å². The van der Waals surface area contributed by atoms with Crippen LogP contribution in [0.1, 0.15) is 26.7 Å². The number of aliphatic carboxylic acids is 1. The number of nitrogens with one attached hydrogen (secondary N) is 1. The first-order chi connectivity index (χ1) is 10.5. The molecule has 0 bridgehead atoms. The van der Waals surface area contributed by atoms with E-state index in [9.17, 15) is 27.6 Å². The Morgan fingerprint density at radius 2 is 1.87 bits per heavy atom. The SMILES string of the molecule is CC(C)CCC(=O)NCC(=O)N1C[C@@H](C(F)(F)F)[C@H](C(=O)O)C1. The number of alkyl halides is 3. The smallest absolute Gasteiger partial charge is 0.394 e. The van der Waals surface area contributed by atoms with Crippen LogP contribution in [-0.4, -0.2) is 53.6 Å². The van der Waals surface area contributed by atoms with Gasteiger partial charge in [0.15, 0.2) is 0 Å². The van der Waals surface area contributed by atoms with Crippen molar-refractivity contribution in [3.8, 4) is 0 Å². The number of amides is 2. The summed E-state index contributed by atoms with van der Waals surface area (Å²) in [6.07, 6.45) is -3.81. The molecule has 0 aromatic rings. The molecule has 2 atom stereocenters. The molecule has 0 radical (unpaired) electrons. The van der Waals surface area contributed by atoms with E-state index in [2.05, 4.69) is 5.32 Å². The largest absolute Gasteiger partial charge is 0.481 e. The van der Waals surface area contributed by atoms with Crippen LogP contribution in [0, 0.1) is 17.8 Å². The fourth-order valence-electron chi connectivity index (χ4n) is 2.38. The lowest BCUT2D eigenvalue weighted by molar-refractivity contribution is -0.188. The predicted molar refractivity (Wildman–Crippen MR) is 74.3 cm³/mol. The molecule has 1 aliphatic heterocycles. The van der Waals surface area contributed by atoms with Crippen LogP contribution in [0.4, 0.5) is 13.2 Å². The van der Waals surface area contributed by atoms with Crippen molar-refractivity contribution in [2.75, 3.05) is 19.6 Å². The van der Waals surface area contributed by atoms with Gasteiger partial charge in [0, 0.05) is 19.5 Å².